The van der Waals surface area contributed by atoms with Crippen molar-refractivity contribution in [2.45, 2.75) is 52.6 Å². The molecule has 1 unspecified atom stereocenters. The van der Waals surface area contributed by atoms with Crippen molar-refractivity contribution in [2.75, 3.05) is 13.1 Å². The Morgan fingerprint density at radius 2 is 2.00 bits per heavy atom. The molecule has 1 atom stereocenters. The van der Waals surface area contributed by atoms with Crippen molar-refractivity contribution < 1.29 is 9.53 Å². The molecule has 0 bridgehead atoms. The molecule has 16 heavy (non-hydrogen) atoms. The lowest BCUT2D eigenvalue weighted by Gasteiger charge is -2.20. The smallest absolute Gasteiger partial charge is 0.407 e. The van der Waals surface area contributed by atoms with Crippen molar-refractivity contribution in [1.29, 1.82) is 0 Å². The van der Waals surface area contributed by atoms with Crippen LogP contribution in [-0.4, -0.2) is 24.8 Å². The standard InChI is InChI=1S/C12H26N2O2/c1-10(6-5-8-13)7-9-14-11(15)16-12(2,3)4/h10H,5-9,13H2,1-4H3,(H,14,15). The molecule has 3 N–H and O–H groups in total. The van der Waals surface area contributed by atoms with E-state index < -0.39 is 5.60 Å². The molecular formula is C12H26N2O2. The Labute approximate surface area is 98.9 Å². The van der Waals surface area contributed by atoms with E-state index in [-0.39, 0.29) is 6.09 Å². The summed E-state index contributed by atoms with van der Waals surface area (Å²) >= 11 is 0. The van der Waals surface area contributed by atoms with Gasteiger partial charge in [0.1, 0.15) is 5.60 Å². The van der Waals surface area contributed by atoms with Gasteiger partial charge in [-0.3, -0.25) is 0 Å². The number of rotatable bonds is 6. The van der Waals surface area contributed by atoms with Gasteiger partial charge < -0.3 is 15.8 Å². The number of nitrogens with two attached hydrogens (primary N) is 1. The third-order valence-electron chi connectivity index (χ3n) is 2.21. The normalized spacial score (nSPS) is 13.3. The predicted molar refractivity (Wildman–Crippen MR) is 66.3 cm³/mol. The molecule has 0 aliphatic carbocycles. The summed E-state index contributed by atoms with van der Waals surface area (Å²) in [5.41, 5.74) is 5.01. The zero-order valence-corrected chi connectivity index (χ0v) is 11.0. The Kier molecular flexibility index (Phi) is 7.13. The SMILES string of the molecule is CC(CCCN)CCNC(=O)OC(C)(C)C. The summed E-state index contributed by atoms with van der Waals surface area (Å²) in [6.45, 7) is 9.15. The minimum atomic E-state index is -0.421. The van der Waals surface area contributed by atoms with Gasteiger partial charge in [-0.15, -0.1) is 0 Å². The first-order chi connectivity index (χ1) is 7.35. The molecule has 0 saturated carbocycles. The number of amides is 1. The Morgan fingerprint density at radius 3 is 2.50 bits per heavy atom. The number of nitrogens with one attached hydrogen (secondary N) is 1. The van der Waals surface area contributed by atoms with Crippen molar-refractivity contribution in [3.63, 3.8) is 0 Å². The highest BCUT2D eigenvalue weighted by atomic mass is 16.6. The highest BCUT2D eigenvalue weighted by Crippen LogP contribution is 2.09. The van der Waals surface area contributed by atoms with Crippen molar-refractivity contribution in [3.8, 4) is 0 Å². The molecule has 0 aromatic heterocycles. The van der Waals surface area contributed by atoms with Crippen molar-refractivity contribution in [2.24, 2.45) is 11.7 Å². The molecule has 0 aromatic carbocycles. The molecule has 0 aliphatic heterocycles. The van der Waals surface area contributed by atoms with Crippen LogP contribution in [0.15, 0.2) is 0 Å². The van der Waals surface area contributed by atoms with Crippen LogP contribution in [0.2, 0.25) is 0 Å². The van der Waals surface area contributed by atoms with Gasteiger partial charge in [-0.2, -0.15) is 0 Å². The van der Waals surface area contributed by atoms with Crippen LogP contribution in [0.4, 0.5) is 4.79 Å². The summed E-state index contributed by atoms with van der Waals surface area (Å²) in [5, 5.41) is 2.75. The molecule has 1 amide bonds. The number of alkyl carbamates (subject to hydrolysis) is 1. The molecule has 0 aromatic rings. The third kappa shape index (κ3) is 9.77. The summed E-state index contributed by atoms with van der Waals surface area (Å²) in [4.78, 5) is 11.3. The fourth-order valence-electron chi connectivity index (χ4n) is 1.35. The van der Waals surface area contributed by atoms with Crippen LogP contribution in [0, 0.1) is 5.92 Å². The zero-order valence-electron chi connectivity index (χ0n) is 11.0. The minimum Gasteiger partial charge on any atom is -0.444 e. The van der Waals surface area contributed by atoms with Gasteiger partial charge in [0.25, 0.3) is 0 Å². The first-order valence-electron chi connectivity index (χ1n) is 6.02. The monoisotopic (exact) mass is 230 g/mol. The molecule has 0 rings (SSSR count). The summed E-state index contributed by atoms with van der Waals surface area (Å²) < 4.78 is 5.13. The maximum absolute atomic E-state index is 11.3. The molecule has 0 radical (unpaired) electrons. The maximum Gasteiger partial charge on any atom is 0.407 e. The van der Waals surface area contributed by atoms with Crippen LogP contribution in [0.5, 0.6) is 0 Å². The number of hydrogen-bond acceptors (Lipinski definition) is 3. The van der Waals surface area contributed by atoms with E-state index >= 15 is 0 Å². The second-order valence-corrected chi connectivity index (χ2v) is 5.25. The minimum absolute atomic E-state index is 0.335. The van der Waals surface area contributed by atoms with Crippen LogP contribution in [0.25, 0.3) is 0 Å². The van der Waals surface area contributed by atoms with E-state index in [0.717, 1.165) is 25.8 Å². The average Bonchev–Trinajstić information content (AvgIpc) is 2.11. The molecule has 0 spiro atoms. The summed E-state index contributed by atoms with van der Waals surface area (Å²) in [6, 6.07) is 0. The fraction of sp³-hybridized carbons (Fsp3) is 0.917. The van der Waals surface area contributed by atoms with Crippen LogP contribution >= 0.6 is 0 Å². The largest absolute Gasteiger partial charge is 0.444 e. The number of hydrogen-bond donors (Lipinski definition) is 2. The van der Waals surface area contributed by atoms with E-state index in [1.807, 2.05) is 20.8 Å². The lowest BCUT2D eigenvalue weighted by atomic mass is 10.0. The Morgan fingerprint density at radius 1 is 1.38 bits per heavy atom. The summed E-state index contributed by atoms with van der Waals surface area (Å²) in [7, 11) is 0. The van der Waals surface area contributed by atoms with Crippen molar-refractivity contribution >= 4 is 6.09 Å². The molecule has 96 valence electrons. The Balaban J connectivity index is 3.54. The van der Waals surface area contributed by atoms with E-state index in [1.165, 1.54) is 0 Å². The predicted octanol–water partition coefficient (Wildman–Crippen LogP) is 2.28. The Hall–Kier alpha value is -0.770. The van der Waals surface area contributed by atoms with E-state index in [9.17, 15) is 4.79 Å². The van der Waals surface area contributed by atoms with Gasteiger partial charge in [0, 0.05) is 6.54 Å². The second kappa shape index (κ2) is 7.49. The van der Waals surface area contributed by atoms with Gasteiger partial charge in [-0.25, -0.2) is 4.79 Å². The molecule has 4 heteroatoms. The van der Waals surface area contributed by atoms with Crippen LogP contribution in [-0.2, 0) is 4.74 Å². The van der Waals surface area contributed by atoms with E-state index in [4.69, 9.17) is 10.5 Å². The summed E-state index contributed by atoms with van der Waals surface area (Å²) in [6.07, 6.45) is 2.80. The highest BCUT2D eigenvalue weighted by Gasteiger charge is 2.15. The van der Waals surface area contributed by atoms with E-state index in [1.54, 1.807) is 0 Å². The van der Waals surface area contributed by atoms with Crippen molar-refractivity contribution in [3.05, 3.63) is 0 Å². The topological polar surface area (TPSA) is 64.3 Å². The lowest BCUT2D eigenvalue weighted by molar-refractivity contribution is 0.0525. The van der Waals surface area contributed by atoms with Gasteiger partial charge >= 0.3 is 6.09 Å². The molecule has 0 aliphatic rings. The molecule has 0 fully saturated rings. The number of carbonyl (C=O) groups is 1. The zero-order chi connectivity index (χ0) is 12.6. The third-order valence-corrected chi connectivity index (χ3v) is 2.21. The van der Waals surface area contributed by atoms with Gasteiger partial charge in [0.05, 0.1) is 0 Å². The number of carbonyl (C=O) groups excluding carboxylic acids is 1. The number of ether oxygens (including phenoxy) is 1. The van der Waals surface area contributed by atoms with Gasteiger partial charge in [-0.05, 0) is 52.5 Å². The van der Waals surface area contributed by atoms with Gasteiger partial charge in [0.2, 0.25) is 0 Å². The fourth-order valence-corrected chi connectivity index (χ4v) is 1.35. The van der Waals surface area contributed by atoms with Gasteiger partial charge in [0.15, 0.2) is 0 Å². The molecular weight excluding hydrogens is 204 g/mol. The van der Waals surface area contributed by atoms with E-state index in [0.29, 0.717) is 12.5 Å². The quantitative estimate of drug-likeness (QED) is 0.735. The molecule has 0 heterocycles. The second-order valence-electron chi connectivity index (χ2n) is 5.25. The first-order valence-corrected chi connectivity index (χ1v) is 6.02. The first kappa shape index (κ1) is 15.2. The maximum atomic E-state index is 11.3. The Bertz CT molecular complexity index is 200. The molecule has 0 saturated heterocycles. The van der Waals surface area contributed by atoms with Crippen LogP contribution in [0.3, 0.4) is 0 Å². The lowest BCUT2D eigenvalue weighted by Crippen LogP contribution is -2.33. The summed E-state index contributed by atoms with van der Waals surface area (Å²) in [5.74, 6) is 0.596. The highest BCUT2D eigenvalue weighted by molar-refractivity contribution is 5.67. The van der Waals surface area contributed by atoms with Crippen LogP contribution < -0.4 is 11.1 Å². The van der Waals surface area contributed by atoms with Crippen LogP contribution in [0.1, 0.15) is 47.0 Å². The van der Waals surface area contributed by atoms with Gasteiger partial charge in [-0.1, -0.05) is 6.92 Å². The van der Waals surface area contributed by atoms with E-state index in [2.05, 4.69) is 12.2 Å². The molecule has 4 nitrogen and oxygen atoms in total. The van der Waals surface area contributed by atoms with Crippen molar-refractivity contribution in [1.82, 2.24) is 5.32 Å². The average molecular weight is 230 g/mol.